The van der Waals surface area contributed by atoms with Gasteiger partial charge in [-0.25, -0.2) is 0 Å². The molecular weight excluding hydrogens is 256 g/mol. The van der Waals surface area contributed by atoms with Crippen molar-refractivity contribution in [3.05, 3.63) is 47.0 Å². The molecule has 1 saturated heterocycles. The standard InChI is InChI=1S/C16H23ClN2/c1-14(11-17)12-18-16-7-9-19(10-8-16)13-15-5-3-2-4-6-15/h2-6,11,16,18H,7-10,12-13H2,1H3/b14-11-. The molecule has 1 N–H and O–H groups in total. The molecular formula is C16H23ClN2. The van der Waals surface area contributed by atoms with Crippen LogP contribution >= 0.6 is 11.6 Å². The first kappa shape index (κ1) is 14.6. The van der Waals surface area contributed by atoms with Gasteiger partial charge in [0.05, 0.1) is 0 Å². The summed E-state index contributed by atoms with van der Waals surface area (Å²) in [5.41, 5.74) is 4.28. The van der Waals surface area contributed by atoms with Gasteiger partial charge in [-0.15, -0.1) is 0 Å². The maximum atomic E-state index is 5.67. The molecule has 1 heterocycles. The van der Waals surface area contributed by atoms with Crippen LogP contribution in [0, 0.1) is 0 Å². The lowest BCUT2D eigenvalue weighted by Crippen LogP contribution is -2.42. The summed E-state index contributed by atoms with van der Waals surface area (Å²) < 4.78 is 0. The number of nitrogens with zero attached hydrogens (tertiary/aromatic N) is 1. The highest BCUT2D eigenvalue weighted by molar-refractivity contribution is 6.25. The third-order valence-corrected chi connectivity index (χ3v) is 4.06. The van der Waals surface area contributed by atoms with Crippen LogP contribution in [-0.4, -0.2) is 30.6 Å². The third-order valence-electron chi connectivity index (χ3n) is 3.69. The van der Waals surface area contributed by atoms with E-state index in [0.29, 0.717) is 6.04 Å². The molecule has 2 rings (SSSR count). The van der Waals surface area contributed by atoms with E-state index in [9.17, 15) is 0 Å². The number of hydrogen-bond acceptors (Lipinski definition) is 2. The van der Waals surface area contributed by atoms with E-state index >= 15 is 0 Å². The zero-order valence-corrected chi connectivity index (χ0v) is 12.4. The van der Waals surface area contributed by atoms with Crippen LogP contribution in [0.25, 0.3) is 0 Å². The van der Waals surface area contributed by atoms with Crippen LogP contribution in [0.4, 0.5) is 0 Å². The van der Waals surface area contributed by atoms with Crippen LogP contribution in [0.1, 0.15) is 25.3 Å². The summed E-state index contributed by atoms with van der Waals surface area (Å²) in [5.74, 6) is 0. The van der Waals surface area contributed by atoms with E-state index in [2.05, 4.69) is 47.5 Å². The Morgan fingerprint density at radius 1 is 1.32 bits per heavy atom. The SMILES string of the molecule is C/C(=C/Cl)CNC1CCN(Cc2ccccc2)CC1. The number of benzene rings is 1. The summed E-state index contributed by atoms with van der Waals surface area (Å²) in [4.78, 5) is 2.54. The van der Waals surface area contributed by atoms with E-state index in [1.807, 2.05) is 0 Å². The zero-order valence-electron chi connectivity index (χ0n) is 11.6. The summed E-state index contributed by atoms with van der Waals surface area (Å²) in [6.07, 6.45) is 2.45. The Bertz CT molecular complexity index is 394. The van der Waals surface area contributed by atoms with Gasteiger partial charge in [0, 0.05) is 24.7 Å². The molecule has 0 amide bonds. The molecule has 0 aromatic heterocycles. The van der Waals surface area contributed by atoms with E-state index in [0.717, 1.165) is 13.1 Å². The van der Waals surface area contributed by atoms with Gasteiger partial charge in [0.1, 0.15) is 0 Å². The highest BCUT2D eigenvalue weighted by atomic mass is 35.5. The van der Waals surface area contributed by atoms with Crippen molar-refractivity contribution >= 4 is 11.6 Å². The quantitative estimate of drug-likeness (QED) is 0.888. The molecule has 0 bridgehead atoms. The molecule has 0 spiro atoms. The lowest BCUT2D eigenvalue weighted by Gasteiger charge is -2.32. The van der Waals surface area contributed by atoms with Crippen molar-refractivity contribution in [3.8, 4) is 0 Å². The number of nitrogens with one attached hydrogen (secondary N) is 1. The maximum Gasteiger partial charge on any atom is 0.0233 e. The summed E-state index contributed by atoms with van der Waals surface area (Å²) >= 11 is 5.67. The van der Waals surface area contributed by atoms with Gasteiger partial charge in [0.15, 0.2) is 0 Å². The highest BCUT2D eigenvalue weighted by Crippen LogP contribution is 2.14. The minimum absolute atomic E-state index is 0.638. The second kappa shape index (κ2) is 7.68. The minimum atomic E-state index is 0.638. The average Bonchev–Trinajstić information content (AvgIpc) is 2.47. The molecule has 1 aromatic rings. The summed E-state index contributed by atoms with van der Waals surface area (Å²) in [7, 11) is 0. The van der Waals surface area contributed by atoms with E-state index < -0.39 is 0 Å². The Morgan fingerprint density at radius 2 is 2.00 bits per heavy atom. The molecule has 2 nitrogen and oxygen atoms in total. The lowest BCUT2D eigenvalue weighted by molar-refractivity contribution is 0.192. The Morgan fingerprint density at radius 3 is 2.63 bits per heavy atom. The smallest absolute Gasteiger partial charge is 0.0233 e. The number of piperidine rings is 1. The Kier molecular flexibility index (Phi) is 5.90. The van der Waals surface area contributed by atoms with Gasteiger partial charge in [0.25, 0.3) is 0 Å². The van der Waals surface area contributed by atoms with Gasteiger partial charge in [-0.3, -0.25) is 4.90 Å². The van der Waals surface area contributed by atoms with Crippen LogP contribution in [0.2, 0.25) is 0 Å². The summed E-state index contributed by atoms with van der Waals surface area (Å²) in [6.45, 7) is 6.40. The predicted molar refractivity (Wildman–Crippen MR) is 82.4 cm³/mol. The molecule has 0 unspecified atom stereocenters. The fraction of sp³-hybridized carbons (Fsp3) is 0.500. The third kappa shape index (κ3) is 4.98. The van der Waals surface area contributed by atoms with Crippen molar-refractivity contribution in [2.45, 2.75) is 32.4 Å². The van der Waals surface area contributed by atoms with Crippen molar-refractivity contribution in [1.82, 2.24) is 10.2 Å². The first-order valence-corrected chi connectivity index (χ1v) is 7.47. The summed E-state index contributed by atoms with van der Waals surface area (Å²) in [6, 6.07) is 11.4. The van der Waals surface area contributed by atoms with E-state index in [1.54, 1.807) is 5.54 Å². The first-order valence-electron chi connectivity index (χ1n) is 7.03. The van der Waals surface area contributed by atoms with E-state index in [4.69, 9.17) is 11.6 Å². The molecule has 0 atom stereocenters. The second-order valence-corrected chi connectivity index (χ2v) is 5.59. The van der Waals surface area contributed by atoms with Gasteiger partial charge in [-0.1, -0.05) is 41.9 Å². The van der Waals surface area contributed by atoms with Crippen LogP contribution in [0.3, 0.4) is 0 Å². The van der Waals surface area contributed by atoms with Crippen molar-refractivity contribution in [1.29, 1.82) is 0 Å². The molecule has 0 radical (unpaired) electrons. The Balaban J connectivity index is 1.71. The van der Waals surface area contributed by atoms with Gasteiger partial charge in [-0.2, -0.15) is 0 Å². The highest BCUT2D eigenvalue weighted by Gasteiger charge is 2.18. The lowest BCUT2D eigenvalue weighted by atomic mass is 10.0. The summed E-state index contributed by atoms with van der Waals surface area (Å²) in [5, 5.41) is 3.58. The Hall–Kier alpha value is -0.830. The average molecular weight is 279 g/mol. The number of halogens is 1. The molecule has 0 saturated carbocycles. The first-order chi connectivity index (χ1) is 9.28. The number of hydrogen-bond donors (Lipinski definition) is 1. The minimum Gasteiger partial charge on any atom is -0.310 e. The van der Waals surface area contributed by atoms with Gasteiger partial charge < -0.3 is 5.32 Å². The van der Waals surface area contributed by atoms with Crippen LogP contribution in [-0.2, 0) is 6.54 Å². The van der Waals surface area contributed by atoms with Crippen molar-refractivity contribution < 1.29 is 0 Å². The fourth-order valence-corrected chi connectivity index (χ4v) is 2.56. The van der Waals surface area contributed by atoms with Crippen LogP contribution in [0.15, 0.2) is 41.4 Å². The zero-order chi connectivity index (χ0) is 13.5. The molecule has 0 aliphatic carbocycles. The molecule has 3 heteroatoms. The second-order valence-electron chi connectivity index (χ2n) is 5.37. The van der Waals surface area contributed by atoms with Crippen molar-refractivity contribution in [2.75, 3.05) is 19.6 Å². The predicted octanol–water partition coefficient (Wildman–Crippen LogP) is 3.38. The molecule has 1 fully saturated rings. The molecule has 1 aliphatic heterocycles. The van der Waals surface area contributed by atoms with Gasteiger partial charge in [0.2, 0.25) is 0 Å². The Labute approximate surface area is 121 Å². The molecule has 104 valence electrons. The fourth-order valence-electron chi connectivity index (χ4n) is 2.48. The molecule has 1 aliphatic rings. The largest absolute Gasteiger partial charge is 0.310 e. The number of rotatable bonds is 5. The molecule has 1 aromatic carbocycles. The van der Waals surface area contributed by atoms with Gasteiger partial charge in [-0.05, 0) is 44.0 Å². The monoisotopic (exact) mass is 278 g/mol. The molecule has 19 heavy (non-hydrogen) atoms. The van der Waals surface area contributed by atoms with Gasteiger partial charge >= 0.3 is 0 Å². The van der Waals surface area contributed by atoms with Crippen molar-refractivity contribution in [3.63, 3.8) is 0 Å². The maximum absolute atomic E-state index is 5.67. The normalized spacial score (nSPS) is 18.7. The van der Waals surface area contributed by atoms with Crippen LogP contribution < -0.4 is 5.32 Å². The van der Waals surface area contributed by atoms with Crippen LogP contribution in [0.5, 0.6) is 0 Å². The van der Waals surface area contributed by atoms with E-state index in [1.165, 1.54) is 37.1 Å². The topological polar surface area (TPSA) is 15.3 Å². The van der Waals surface area contributed by atoms with Crippen molar-refractivity contribution in [2.24, 2.45) is 0 Å². The number of likely N-dealkylation sites (tertiary alicyclic amines) is 1. The van der Waals surface area contributed by atoms with E-state index in [-0.39, 0.29) is 0 Å².